The Morgan fingerprint density at radius 3 is 0.887 bits per heavy atom. The third-order valence-corrected chi connectivity index (χ3v) is 39.8. The summed E-state index contributed by atoms with van der Waals surface area (Å²) in [7, 11) is -11.5. The Kier molecular flexibility index (Phi) is 21.5. The van der Waals surface area contributed by atoms with E-state index in [-0.39, 0.29) is 11.8 Å². The lowest BCUT2D eigenvalue weighted by Gasteiger charge is -2.38. The molecule has 0 saturated carbocycles. The summed E-state index contributed by atoms with van der Waals surface area (Å²) in [5.41, 5.74) is 2.74. The monoisotopic (exact) mass is 1290 g/mol. The van der Waals surface area contributed by atoms with Gasteiger partial charge in [-0.05, 0) is 188 Å². The number of carbonyl (C=O) groups is 2. The van der Waals surface area contributed by atoms with Crippen LogP contribution in [0.4, 0.5) is 0 Å². The minimum atomic E-state index is -2.27. The molecule has 80 heavy (non-hydrogen) atoms. The predicted molar refractivity (Wildman–Crippen MR) is 365 cm³/mol. The van der Waals surface area contributed by atoms with Gasteiger partial charge in [-0.15, -0.1) is 68.0 Å². The van der Waals surface area contributed by atoms with E-state index in [9.17, 15) is 0 Å². The molecule has 0 unspecified atom stereocenters. The fourth-order valence-corrected chi connectivity index (χ4v) is 42.5. The molecule has 0 spiro atoms. The molecule has 434 valence electrons. The van der Waals surface area contributed by atoms with Crippen LogP contribution in [0.15, 0.2) is 94.7 Å². The van der Waals surface area contributed by atoms with Crippen LogP contribution in [0.2, 0.25) is 104 Å². The number of rotatable bonds is 32. The van der Waals surface area contributed by atoms with Gasteiger partial charge in [0.2, 0.25) is 0 Å². The van der Waals surface area contributed by atoms with Gasteiger partial charge in [0.15, 0.2) is 33.3 Å². The van der Waals surface area contributed by atoms with Gasteiger partial charge in [0, 0.05) is 52.1 Å². The molecule has 0 N–H and O–H groups in total. The van der Waals surface area contributed by atoms with E-state index in [1.807, 2.05) is 9.80 Å². The van der Waals surface area contributed by atoms with Gasteiger partial charge in [-0.2, -0.15) is 0 Å². The van der Waals surface area contributed by atoms with Crippen LogP contribution in [0.5, 0.6) is 0 Å². The molecule has 2 aliphatic heterocycles. The summed E-state index contributed by atoms with van der Waals surface area (Å²) in [6.45, 7) is 33.1. The SMILES string of the molecule is C[Si](C)(C)O[Si](C)(CCCCCCCCN1C(=O)C2=C(c3ccc(-c4ccc(-c5cccs5)s4)s3)N(CCCCCCCC[Si](C)(O[Si](C)(C)C)O[Si](C)(C)C)C(=O)C2=C1c1ccc(-c2ccc(-c3cccs3)s2)s1)O[Si](C)(C)C. The van der Waals surface area contributed by atoms with E-state index >= 15 is 9.59 Å². The number of carbonyl (C=O) groups excluding carboxylic acids is 2. The molecule has 0 fully saturated rings. The number of fused-ring (bicyclic) bond motifs is 1. The Morgan fingerprint density at radius 2 is 0.600 bits per heavy atom. The van der Waals surface area contributed by atoms with Crippen molar-refractivity contribution < 1.29 is 26.0 Å². The predicted octanol–water partition coefficient (Wildman–Crippen LogP) is 20.8. The maximum Gasteiger partial charge on any atom is 0.314 e. The van der Waals surface area contributed by atoms with Gasteiger partial charge in [0.05, 0.1) is 32.3 Å². The van der Waals surface area contributed by atoms with Crippen LogP contribution in [0, 0.1) is 0 Å². The van der Waals surface area contributed by atoms with Crippen molar-refractivity contribution in [1.82, 2.24) is 9.80 Å². The average molecular weight is 1290 g/mol. The quantitative estimate of drug-likeness (QED) is 0.0309. The molecule has 0 aromatic carbocycles. The van der Waals surface area contributed by atoms with E-state index < -0.39 is 50.4 Å². The van der Waals surface area contributed by atoms with Crippen molar-refractivity contribution in [3.63, 3.8) is 0 Å². The minimum absolute atomic E-state index is 0.0428. The Labute approximate surface area is 510 Å². The van der Waals surface area contributed by atoms with Crippen molar-refractivity contribution in [3.05, 3.63) is 104 Å². The van der Waals surface area contributed by atoms with Gasteiger partial charge in [-0.3, -0.25) is 9.59 Å². The van der Waals surface area contributed by atoms with Gasteiger partial charge in [0.25, 0.3) is 11.8 Å². The largest absolute Gasteiger partial charge is 0.437 e. The molecule has 0 bridgehead atoms. The molecule has 6 aromatic rings. The van der Waals surface area contributed by atoms with E-state index in [4.69, 9.17) is 16.5 Å². The lowest BCUT2D eigenvalue weighted by Crippen LogP contribution is -2.52. The summed E-state index contributed by atoms with van der Waals surface area (Å²) in [6, 6.07) is 28.2. The molecular formula is C60H88N2O6S6Si6. The number of nitrogens with zero attached hydrogens (tertiary/aromatic N) is 2. The van der Waals surface area contributed by atoms with Gasteiger partial charge in [-0.25, -0.2) is 0 Å². The third-order valence-electron chi connectivity index (χ3n) is 13.7. The number of thiophene rings is 6. The first-order valence-electron chi connectivity index (χ1n) is 29.1. The van der Waals surface area contributed by atoms with Gasteiger partial charge in [0.1, 0.15) is 0 Å². The van der Waals surface area contributed by atoms with Crippen LogP contribution >= 0.6 is 68.0 Å². The molecule has 8 rings (SSSR count). The number of hydrogen-bond acceptors (Lipinski definition) is 12. The first kappa shape index (κ1) is 63.8. The Balaban J connectivity index is 1.03. The molecule has 8 nitrogen and oxygen atoms in total. The second-order valence-electron chi connectivity index (χ2n) is 25.8. The van der Waals surface area contributed by atoms with Crippen LogP contribution in [-0.2, 0) is 26.0 Å². The second kappa shape index (κ2) is 27.0. The van der Waals surface area contributed by atoms with Crippen molar-refractivity contribution in [1.29, 1.82) is 0 Å². The van der Waals surface area contributed by atoms with E-state index in [1.54, 1.807) is 68.0 Å². The molecule has 8 heterocycles. The highest BCUT2D eigenvalue weighted by atomic mass is 32.1. The van der Waals surface area contributed by atoms with E-state index in [0.29, 0.717) is 24.2 Å². The van der Waals surface area contributed by atoms with Crippen molar-refractivity contribution in [3.8, 4) is 39.0 Å². The number of unbranched alkanes of at least 4 members (excludes halogenated alkanes) is 10. The standard InChI is InChI=1S/C60H88N2O6S6Si6/c1-75(2,3)65-79(13,66-76(4,5)6)43-25-21-17-15-19-23-39-61-57(53-37-35-51(73-53)49-33-31-47(71-49)45-29-27-41-69-45)55-56(59(61)63)58(54-38-36-52(74-54)50-34-32-48(72-50)46-30-28-42-70-46)62(60(55)64)40-24-20-16-18-22-26-44-80(14,67-77(7,8)9)68-78(10,11)12/h27-38,41-42H,15-26,39-40,43-44H2,1-14H3. The summed E-state index contributed by atoms with van der Waals surface area (Å²) >= 11 is 10.5. The third kappa shape index (κ3) is 17.5. The topological polar surface area (TPSA) is 77.5 Å². The molecule has 6 aromatic heterocycles. The van der Waals surface area contributed by atoms with Crippen LogP contribution in [0.3, 0.4) is 0 Å². The summed E-state index contributed by atoms with van der Waals surface area (Å²) in [5, 5.41) is 4.25. The van der Waals surface area contributed by atoms with Crippen LogP contribution < -0.4 is 0 Å². The number of amides is 2. The van der Waals surface area contributed by atoms with E-state index in [0.717, 1.165) is 120 Å². The fourth-order valence-electron chi connectivity index (χ4n) is 11.3. The zero-order valence-electron chi connectivity index (χ0n) is 50.2. The molecule has 2 amide bonds. The molecule has 2 aliphatic rings. The minimum Gasteiger partial charge on any atom is -0.437 e. The highest BCUT2D eigenvalue weighted by Crippen LogP contribution is 2.51. The normalized spacial score (nSPS) is 15.0. The van der Waals surface area contributed by atoms with Crippen LogP contribution in [0.1, 0.15) is 86.8 Å². The summed E-state index contributed by atoms with van der Waals surface area (Å²) in [4.78, 5) is 46.7. The molecule has 20 heteroatoms. The Hall–Kier alpha value is -2.24. The fraction of sp³-hybridized carbons (Fsp3) is 0.500. The molecular weight excluding hydrogens is 1210 g/mol. The Morgan fingerprint density at radius 1 is 0.338 bits per heavy atom. The zero-order valence-corrected chi connectivity index (χ0v) is 61.1. The molecule has 0 saturated heterocycles. The van der Waals surface area contributed by atoms with Crippen molar-refractivity contribution in [2.75, 3.05) is 13.1 Å². The summed E-state index contributed by atoms with van der Waals surface area (Å²) in [5.74, 6) is -0.0856. The zero-order chi connectivity index (χ0) is 57.7. The smallest absolute Gasteiger partial charge is 0.314 e. The van der Waals surface area contributed by atoms with Crippen molar-refractivity contribution in [2.45, 2.75) is 181 Å². The van der Waals surface area contributed by atoms with Gasteiger partial charge < -0.3 is 26.3 Å². The van der Waals surface area contributed by atoms with E-state index in [1.165, 1.54) is 29.3 Å². The average Bonchev–Trinajstić information content (AvgIpc) is 4.39. The number of hydrogen-bond donors (Lipinski definition) is 0. The van der Waals surface area contributed by atoms with Crippen LogP contribution in [0.25, 0.3) is 50.4 Å². The van der Waals surface area contributed by atoms with Gasteiger partial charge >= 0.3 is 17.1 Å². The lowest BCUT2D eigenvalue weighted by atomic mass is 10.1. The van der Waals surface area contributed by atoms with Crippen molar-refractivity contribution >= 4 is 142 Å². The van der Waals surface area contributed by atoms with E-state index in [2.05, 4.69) is 175 Å². The highest BCUT2D eigenvalue weighted by molar-refractivity contribution is 7.27. The molecule has 0 atom stereocenters. The Bertz CT molecular complexity index is 2840. The summed E-state index contributed by atoms with van der Waals surface area (Å²) < 4.78 is 27.2. The van der Waals surface area contributed by atoms with Crippen LogP contribution in [-0.4, -0.2) is 85.1 Å². The maximum absolute atomic E-state index is 15.5. The highest BCUT2D eigenvalue weighted by Gasteiger charge is 2.49. The van der Waals surface area contributed by atoms with Gasteiger partial charge in [-0.1, -0.05) is 76.3 Å². The molecule has 0 aliphatic carbocycles. The molecule has 0 radical (unpaired) electrons. The lowest BCUT2D eigenvalue weighted by molar-refractivity contribution is -0.124. The first-order chi connectivity index (χ1) is 37.7. The summed E-state index contributed by atoms with van der Waals surface area (Å²) in [6.07, 6.45) is 12.8. The first-order valence-corrected chi connectivity index (χ1v) is 52.8. The maximum atomic E-state index is 15.5. The van der Waals surface area contributed by atoms with Crippen molar-refractivity contribution in [2.24, 2.45) is 0 Å². The second-order valence-corrected chi connectivity index (χ2v) is 57.8.